The van der Waals surface area contributed by atoms with Crippen LogP contribution in [0, 0.1) is 0 Å². The van der Waals surface area contributed by atoms with Crippen molar-refractivity contribution >= 4 is 18.0 Å². The molecule has 120 valence electrons. The maximum Gasteiger partial charge on any atom is 0.328 e. The van der Waals surface area contributed by atoms with E-state index in [2.05, 4.69) is 5.32 Å². The predicted molar refractivity (Wildman–Crippen MR) is 79.8 cm³/mol. The van der Waals surface area contributed by atoms with Crippen LogP contribution in [0.25, 0.3) is 6.08 Å². The van der Waals surface area contributed by atoms with Gasteiger partial charge in [-0.05, 0) is 31.2 Å². The Kier molecular flexibility index (Phi) is 6.40. The van der Waals surface area contributed by atoms with Crippen LogP contribution in [0.5, 0.6) is 11.5 Å². The van der Waals surface area contributed by atoms with Crippen LogP contribution >= 0.6 is 0 Å². The van der Waals surface area contributed by atoms with Crippen LogP contribution in [0.2, 0.25) is 0 Å². The van der Waals surface area contributed by atoms with Crippen molar-refractivity contribution in [3.05, 3.63) is 29.8 Å². The Labute approximate surface area is 128 Å². The number of aliphatic hydroxyl groups is 1. The molecule has 1 rings (SSSR count). The Hall–Kier alpha value is -2.54. The van der Waals surface area contributed by atoms with E-state index in [-0.39, 0.29) is 0 Å². The highest BCUT2D eigenvalue weighted by atomic mass is 16.5. The smallest absolute Gasteiger partial charge is 0.328 e. The van der Waals surface area contributed by atoms with Gasteiger partial charge in [0.15, 0.2) is 6.04 Å². The van der Waals surface area contributed by atoms with E-state index in [1.54, 1.807) is 18.2 Å². The number of rotatable bonds is 7. The van der Waals surface area contributed by atoms with Crippen molar-refractivity contribution in [2.24, 2.45) is 0 Å². The van der Waals surface area contributed by atoms with E-state index >= 15 is 0 Å². The number of nitrogens with one attached hydrogen (secondary N) is 1. The van der Waals surface area contributed by atoms with E-state index in [0.717, 1.165) is 6.08 Å². The van der Waals surface area contributed by atoms with Crippen LogP contribution in [-0.4, -0.2) is 48.5 Å². The van der Waals surface area contributed by atoms with E-state index in [1.165, 1.54) is 27.2 Å². The number of methoxy groups -OCH3 is 2. The van der Waals surface area contributed by atoms with Gasteiger partial charge in [-0.25, -0.2) is 4.79 Å². The lowest BCUT2D eigenvalue weighted by Crippen LogP contribution is -2.47. The summed E-state index contributed by atoms with van der Waals surface area (Å²) in [5.74, 6) is -0.822. The molecule has 1 amide bonds. The van der Waals surface area contributed by atoms with Gasteiger partial charge in [-0.1, -0.05) is 0 Å². The van der Waals surface area contributed by atoms with Gasteiger partial charge in [-0.3, -0.25) is 4.79 Å². The van der Waals surface area contributed by atoms with Gasteiger partial charge >= 0.3 is 5.97 Å². The highest BCUT2D eigenvalue weighted by Gasteiger charge is 2.23. The molecule has 1 aromatic carbocycles. The first-order chi connectivity index (χ1) is 10.4. The number of hydrogen-bond donors (Lipinski definition) is 3. The molecule has 2 atom stereocenters. The Morgan fingerprint density at radius 1 is 1.27 bits per heavy atom. The lowest BCUT2D eigenvalue weighted by molar-refractivity contribution is -0.144. The molecule has 0 aliphatic carbocycles. The van der Waals surface area contributed by atoms with Gasteiger partial charge in [0.05, 0.1) is 20.3 Å². The minimum absolute atomic E-state index is 0.537. The fraction of sp³-hybridized carbons (Fsp3) is 0.333. The lowest BCUT2D eigenvalue weighted by Gasteiger charge is -2.15. The molecule has 22 heavy (non-hydrogen) atoms. The normalized spacial score (nSPS) is 13.5. The summed E-state index contributed by atoms with van der Waals surface area (Å²) < 4.78 is 10.2. The molecular formula is C15H19NO6. The van der Waals surface area contributed by atoms with E-state index in [1.807, 2.05) is 0 Å². The molecule has 0 heterocycles. The van der Waals surface area contributed by atoms with Gasteiger partial charge in [0.1, 0.15) is 11.5 Å². The summed E-state index contributed by atoms with van der Waals surface area (Å²) in [7, 11) is 3.01. The molecule has 1 aromatic rings. The van der Waals surface area contributed by atoms with Gasteiger partial charge in [0, 0.05) is 11.6 Å². The molecule has 0 spiro atoms. The number of ether oxygens (including phenoxy) is 2. The van der Waals surface area contributed by atoms with E-state index in [9.17, 15) is 14.7 Å². The monoisotopic (exact) mass is 309 g/mol. The summed E-state index contributed by atoms with van der Waals surface area (Å²) >= 11 is 0. The molecule has 0 saturated carbocycles. The van der Waals surface area contributed by atoms with E-state index in [4.69, 9.17) is 14.6 Å². The zero-order valence-corrected chi connectivity index (χ0v) is 12.6. The quantitative estimate of drug-likeness (QED) is 0.639. The summed E-state index contributed by atoms with van der Waals surface area (Å²) in [4.78, 5) is 22.6. The van der Waals surface area contributed by atoms with Gasteiger partial charge in [0.2, 0.25) is 5.91 Å². The SMILES string of the molecule is COc1ccc(OC)c(/C=C/C(=O)NC(C(=O)O)C(C)O)c1. The number of carboxylic acids is 1. The van der Waals surface area contributed by atoms with Gasteiger partial charge < -0.3 is 25.0 Å². The fourth-order valence-corrected chi connectivity index (χ4v) is 1.73. The highest BCUT2D eigenvalue weighted by molar-refractivity contribution is 5.94. The Bertz CT molecular complexity index is 567. The molecule has 0 bridgehead atoms. The first-order valence-electron chi connectivity index (χ1n) is 6.50. The van der Waals surface area contributed by atoms with Crippen molar-refractivity contribution in [3.63, 3.8) is 0 Å². The number of carbonyl (C=O) groups is 2. The van der Waals surface area contributed by atoms with Gasteiger partial charge in [-0.15, -0.1) is 0 Å². The van der Waals surface area contributed by atoms with Crippen molar-refractivity contribution < 1.29 is 29.3 Å². The second-order valence-corrected chi connectivity index (χ2v) is 4.51. The molecule has 0 saturated heterocycles. The molecule has 0 aliphatic heterocycles. The van der Waals surface area contributed by atoms with Gasteiger partial charge in [-0.2, -0.15) is 0 Å². The number of benzene rings is 1. The van der Waals surface area contributed by atoms with Crippen molar-refractivity contribution in [2.45, 2.75) is 19.1 Å². The third kappa shape index (κ3) is 4.78. The van der Waals surface area contributed by atoms with Crippen molar-refractivity contribution in [1.29, 1.82) is 0 Å². The summed E-state index contributed by atoms with van der Waals surface area (Å²) in [6.07, 6.45) is 1.42. The van der Waals surface area contributed by atoms with Crippen LogP contribution in [-0.2, 0) is 9.59 Å². The molecule has 2 unspecified atom stereocenters. The number of carboxylic acid groups (broad SMARTS) is 1. The maximum atomic E-state index is 11.7. The van der Waals surface area contributed by atoms with Crippen molar-refractivity contribution in [2.75, 3.05) is 14.2 Å². The van der Waals surface area contributed by atoms with E-state index in [0.29, 0.717) is 17.1 Å². The van der Waals surface area contributed by atoms with Crippen LogP contribution in [0.3, 0.4) is 0 Å². The van der Waals surface area contributed by atoms with Crippen LogP contribution in [0.4, 0.5) is 0 Å². The second kappa shape index (κ2) is 8.04. The highest BCUT2D eigenvalue weighted by Crippen LogP contribution is 2.24. The predicted octanol–water partition coefficient (Wildman–Crippen LogP) is 0.667. The van der Waals surface area contributed by atoms with Crippen LogP contribution < -0.4 is 14.8 Å². The molecule has 7 heteroatoms. The molecule has 7 nitrogen and oxygen atoms in total. The Morgan fingerprint density at radius 3 is 2.45 bits per heavy atom. The van der Waals surface area contributed by atoms with E-state index < -0.39 is 24.0 Å². The number of amides is 1. The average Bonchev–Trinajstić information content (AvgIpc) is 2.49. The topological polar surface area (TPSA) is 105 Å². The number of aliphatic carboxylic acids is 1. The standard InChI is InChI=1S/C15H19NO6/c1-9(17)14(15(19)20)16-13(18)7-4-10-8-11(21-2)5-6-12(10)22-3/h4-9,14,17H,1-3H3,(H,16,18)(H,19,20)/b7-4+. The number of carbonyl (C=O) groups excluding carboxylic acids is 1. The molecule has 0 radical (unpaired) electrons. The zero-order valence-electron chi connectivity index (χ0n) is 12.6. The van der Waals surface area contributed by atoms with Gasteiger partial charge in [0.25, 0.3) is 0 Å². The largest absolute Gasteiger partial charge is 0.497 e. The zero-order chi connectivity index (χ0) is 16.7. The Morgan fingerprint density at radius 2 is 1.95 bits per heavy atom. The molecule has 0 aliphatic rings. The maximum absolute atomic E-state index is 11.7. The van der Waals surface area contributed by atoms with Crippen LogP contribution in [0.1, 0.15) is 12.5 Å². The fourth-order valence-electron chi connectivity index (χ4n) is 1.73. The van der Waals surface area contributed by atoms with Crippen molar-refractivity contribution in [1.82, 2.24) is 5.32 Å². The molecule has 0 aromatic heterocycles. The average molecular weight is 309 g/mol. The molecule has 0 fully saturated rings. The summed E-state index contributed by atoms with van der Waals surface area (Å²) in [6, 6.07) is 3.70. The second-order valence-electron chi connectivity index (χ2n) is 4.51. The number of hydrogen-bond acceptors (Lipinski definition) is 5. The summed E-state index contributed by atoms with van der Waals surface area (Å²) in [5.41, 5.74) is 0.598. The Balaban J connectivity index is 2.87. The third-order valence-corrected chi connectivity index (χ3v) is 2.90. The summed E-state index contributed by atoms with van der Waals surface area (Å²) in [6.45, 7) is 1.29. The molecule has 3 N–H and O–H groups in total. The first-order valence-corrected chi connectivity index (χ1v) is 6.50. The third-order valence-electron chi connectivity index (χ3n) is 2.90. The lowest BCUT2D eigenvalue weighted by atomic mass is 10.1. The molecular weight excluding hydrogens is 290 g/mol. The number of aliphatic hydroxyl groups excluding tert-OH is 1. The first kappa shape index (κ1) is 17.5. The van der Waals surface area contributed by atoms with Crippen LogP contribution in [0.15, 0.2) is 24.3 Å². The summed E-state index contributed by atoms with van der Waals surface area (Å²) in [5, 5.41) is 20.4. The minimum atomic E-state index is -1.37. The van der Waals surface area contributed by atoms with Crippen molar-refractivity contribution in [3.8, 4) is 11.5 Å². The minimum Gasteiger partial charge on any atom is -0.497 e.